The van der Waals surface area contributed by atoms with Crippen molar-refractivity contribution in [2.24, 2.45) is 0 Å². The quantitative estimate of drug-likeness (QED) is 0.408. The van der Waals surface area contributed by atoms with E-state index in [2.05, 4.69) is 25.8 Å². The molecule has 0 atom stereocenters. The fourth-order valence-electron chi connectivity index (χ4n) is 3.21. The molecule has 2 N–H and O–H groups in total. The van der Waals surface area contributed by atoms with Crippen LogP contribution in [0.1, 0.15) is 5.76 Å². The van der Waals surface area contributed by atoms with Crippen molar-refractivity contribution in [1.29, 1.82) is 0 Å². The van der Waals surface area contributed by atoms with Crippen molar-refractivity contribution in [3.63, 3.8) is 0 Å². The van der Waals surface area contributed by atoms with Crippen LogP contribution >= 0.6 is 0 Å². The summed E-state index contributed by atoms with van der Waals surface area (Å²) in [5.41, 5.74) is 3.46. The molecule has 0 aliphatic carbocycles. The number of aryl methyl sites for hydroxylation is 1. The number of nitrogens with one attached hydrogen (secondary N) is 2. The lowest BCUT2D eigenvalue weighted by atomic mass is 10.1. The highest BCUT2D eigenvalue weighted by molar-refractivity contribution is 5.91. The van der Waals surface area contributed by atoms with Gasteiger partial charge in [-0.1, -0.05) is 53.7 Å². The van der Waals surface area contributed by atoms with E-state index in [1.807, 2.05) is 79.7 Å². The molecule has 3 aromatic heterocycles. The summed E-state index contributed by atoms with van der Waals surface area (Å²) in [7, 11) is 0. The van der Waals surface area contributed by atoms with E-state index in [0.29, 0.717) is 17.6 Å². The molecule has 0 saturated carbocycles. The summed E-state index contributed by atoms with van der Waals surface area (Å²) >= 11 is 0. The molecule has 5 rings (SSSR count). The Morgan fingerprint density at radius 1 is 0.800 bits per heavy atom. The minimum Gasteiger partial charge on any atom is -0.360 e. The van der Waals surface area contributed by atoms with Crippen LogP contribution < -0.4 is 10.6 Å². The fraction of sp³-hybridized carbons (Fsp3) is 0.0435. The highest BCUT2D eigenvalue weighted by Crippen LogP contribution is 2.27. The van der Waals surface area contributed by atoms with Crippen molar-refractivity contribution in [1.82, 2.24) is 20.1 Å². The maximum atomic E-state index is 5.15. The van der Waals surface area contributed by atoms with Crippen molar-refractivity contribution in [2.45, 2.75) is 6.92 Å². The molecule has 7 nitrogen and oxygen atoms in total. The molecule has 0 fully saturated rings. The predicted octanol–water partition coefficient (Wildman–Crippen LogP) is 5.48. The molecule has 2 aromatic carbocycles. The standard InChI is InChI=1S/C23H18N6O/c1-15-13-21(29-30-15)27-20-14-19(16-7-3-2-4-8-16)26-23(28-20)25-18-11-5-9-17-10-6-12-24-22(17)18/h2-14H,1H3,(H2,25,26,27,28,29). The summed E-state index contributed by atoms with van der Waals surface area (Å²) in [6.07, 6.45) is 1.77. The highest BCUT2D eigenvalue weighted by Gasteiger charge is 2.11. The molecule has 146 valence electrons. The SMILES string of the molecule is Cc1cc(Nc2cc(-c3ccccc3)nc(Nc3cccc4cccnc34)n2)no1. The number of pyridine rings is 1. The van der Waals surface area contributed by atoms with E-state index in [1.165, 1.54) is 0 Å². The number of rotatable bonds is 5. The predicted molar refractivity (Wildman–Crippen MR) is 117 cm³/mol. The normalized spacial score (nSPS) is 10.8. The molecule has 0 radical (unpaired) electrons. The van der Waals surface area contributed by atoms with Crippen LogP contribution in [0.5, 0.6) is 0 Å². The summed E-state index contributed by atoms with van der Waals surface area (Å²) in [6.45, 7) is 1.84. The number of para-hydroxylation sites is 1. The lowest BCUT2D eigenvalue weighted by Crippen LogP contribution is -2.03. The second-order valence-corrected chi connectivity index (χ2v) is 6.78. The number of aromatic nitrogens is 4. The minimum absolute atomic E-state index is 0.456. The first-order valence-electron chi connectivity index (χ1n) is 9.50. The topological polar surface area (TPSA) is 88.8 Å². The molecule has 30 heavy (non-hydrogen) atoms. The monoisotopic (exact) mass is 394 g/mol. The van der Waals surface area contributed by atoms with Gasteiger partial charge in [0.1, 0.15) is 11.6 Å². The van der Waals surface area contributed by atoms with Gasteiger partial charge in [-0.3, -0.25) is 4.98 Å². The zero-order valence-electron chi connectivity index (χ0n) is 16.2. The second-order valence-electron chi connectivity index (χ2n) is 6.78. The van der Waals surface area contributed by atoms with Gasteiger partial charge in [0.25, 0.3) is 0 Å². The number of nitrogens with zero attached hydrogens (tertiary/aromatic N) is 4. The van der Waals surface area contributed by atoms with Crippen molar-refractivity contribution in [3.05, 3.63) is 84.8 Å². The third-order valence-electron chi connectivity index (χ3n) is 4.56. The Morgan fingerprint density at radius 2 is 1.67 bits per heavy atom. The van der Waals surface area contributed by atoms with E-state index in [9.17, 15) is 0 Å². The Labute approximate surface area is 172 Å². The first kappa shape index (κ1) is 17.8. The maximum absolute atomic E-state index is 5.15. The number of benzene rings is 2. The van der Waals surface area contributed by atoms with Crippen LogP contribution in [-0.2, 0) is 0 Å². The van der Waals surface area contributed by atoms with Crippen LogP contribution in [0.15, 0.2) is 83.5 Å². The van der Waals surface area contributed by atoms with Crippen molar-refractivity contribution >= 4 is 34.2 Å². The van der Waals surface area contributed by atoms with Gasteiger partial charge in [0, 0.05) is 29.3 Å². The van der Waals surface area contributed by atoms with Gasteiger partial charge in [-0.05, 0) is 19.1 Å². The fourth-order valence-corrected chi connectivity index (χ4v) is 3.21. The van der Waals surface area contributed by atoms with E-state index in [1.54, 1.807) is 6.20 Å². The average Bonchev–Trinajstić information content (AvgIpc) is 3.19. The summed E-state index contributed by atoms with van der Waals surface area (Å²) in [5.74, 6) is 2.36. The van der Waals surface area contributed by atoms with Gasteiger partial charge in [-0.15, -0.1) is 0 Å². The Bertz CT molecular complexity index is 1310. The lowest BCUT2D eigenvalue weighted by Gasteiger charge is -2.11. The first-order chi connectivity index (χ1) is 14.7. The van der Waals surface area contributed by atoms with Crippen LogP contribution in [0.2, 0.25) is 0 Å². The summed E-state index contributed by atoms with van der Waals surface area (Å²) in [5, 5.41) is 11.5. The van der Waals surface area contributed by atoms with Crippen LogP contribution in [0, 0.1) is 6.92 Å². The molecule has 0 unspecified atom stereocenters. The zero-order chi connectivity index (χ0) is 20.3. The molecular weight excluding hydrogens is 376 g/mol. The van der Waals surface area contributed by atoms with E-state index in [-0.39, 0.29) is 0 Å². The van der Waals surface area contributed by atoms with E-state index < -0.39 is 0 Å². The van der Waals surface area contributed by atoms with Crippen molar-refractivity contribution < 1.29 is 4.52 Å². The highest BCUT2D eigenvalue weighted by atomic mass is 16.5. The molecular formula is C23H18N6O. The van der Waals surface area contributed by atoms with Gasteiger partial charge >= 0.3 is 0 Å². The number of hydrogen-bond donors (Lipinski definition) is 2. The van der Waals surface area contributed by atoms with Crippen molar-refractivity contribution in [2.75, 3.05) is 10.6 Å². The Morgan fingerprint density at radius 3 is 2.50 bits per heavy atom. The molecule has 0 spiro atoms. The van der Waals surface area contributed by atoms with Gasteiger partial charge in [-0.2, -0.15) is 4.98 Å². The van der Waals surface area contributed by atoms with Crippen LogP contribution in [0.25, 0.3) is 22.2 Å². The summed E-state index contributed by atoms with van der Waals surface area (Å²) < 4.78 is 5.15. The third-order valence-corrected chi connectivity index (χ3v) is 4.56. The molecule has 5 aromatic rings. The van der Waals surface area contributed by atoms with Crippen LogP contribution in [-0.4, -0.2) is 20.1 Å². The summed E-state index contributed by atoms with van der Waals surface area (Å²) in [6, 6.07) is 23.5. The largest absolute Gasteiger partial charge is 0.360 e. The van der Waals surface area contributed by atoms with E-state index in [4.69, 9.17) is 9.51 Å². The Balaban J connectivity index is 1.57. The number of hydrogen-bond acceptors (Lipinski definition) is 7. The van der Waals surface area contributed by atoms with E-state index in [0.717, 1.165) is 33.6 Å². The van der Waals surface area contributed by atoms with Gasteiger partial charge in [0.2, 0.25) is 5.95 Å². The lowest BCUT2D eigenvalue weighted by molar-refractivity contribution is 0.400. The summed E-state index contributed by atoms with van der Waals surface area (Å²) in [4.78, 5) is 13.8. The number of anilines is 4. The molecule has 0 saturated heterocycles. The maximum Gasteiger partial charge on any atom is 0.229 e. The molecule has 7 heteroatoms. The molecule has 0 amide bonds. The van der Waals surface area contributed by atoms with Gasteiger partial charge in [-0.25, -0.2) is 4.98 Å². The second kappa shape index (κ2) is 7.63. The van der Waals surface area contributed by atoms with Crippen molar-refractivity contribution in [3.8, 4) is 11.3 Å². The first-order valence-corrected chi connectivity index (χ1v) is 9.50. The zero-order valence-corrected chi connectivity index (χ0v) is 16.2. The van der Waals surface area contributed by atoms with Gasteiger partial charge in [0.05, 0.1) is 16.9 Å². The smallest absolute Gasteiger partial charge is 0.229 e. The molecule has 0 aliphatic heterocycles. The molecule has 0 aliphatic rings. The Hall–Kier alpha value is -4.26. The minimum atomic E-state index is 0.456. The van der Waals surface area contributed by atoms with Crippen LogP contribution in [0.4, 0.5) is 23.3 Å². The number of fused-ring (bicyclic) bond motifs is 1. The third kappa shape index (κ3) is 3.68. The van der Waals surface area contributed by atoms with Gasteiger partial charge < -0.3 is 15.2 Å². The Kier molecular flexibility index (Phi) is 4.53. The van der Waals surface area contributed by atoms with Crippen LogP contribution in [0.3, 0.4) is 0 Å². The molecule has 0 bridgehead atoms. The molecule has 3 heterocycles. The van der Waals surface area contributed by atoms with E-state index >= 15 is 0 Å². The van der Waals surface area contributed by atoms with Gasteiger partial charge in [0.15, 0.2) is 5.82 Å². The average molecular weight is 394 g/mol.